The van der Waals surface area contributed by atoms with Crippen LogP contribution in [0.3, 0.4) is 0 Å². The first-order valence-corrected chi connectivity index (χ1v) is 11.7. The van der Waals surface area contributed by atoms with Gasteiger partial charge >= 0.3 is 6.18 Å². The molecule has 0 aliphatic carbocycles. The predicted octanol–water partition coefficient (Wildman–Crippen LogP) is 4.83. The normalized spacial score (nSPS) is 15.3. The number of benzene rings is 2. The molecular weight excluding hydrogens is 515 g/mol. The third-order valence-electron chi connectivity index (χ3n) is 5.69. The van der Waals surface area contributed by atoms with E-state index < -0.39 is 17.6 Å². The number of morpholine rings is 1. The average Bonchev–Trinajstić information content (AvgIpc) is 2.90. The van der Waals surface area contributed by atoms with Crippen molar-refractivity contribution in [3.63, 3.8) is 0 Å². The number of anilines is 3. The maximum atomic E-state index is 13.6. The molecule has 2 N–H and O–H groups in total. The maximum Gasteiger partial charge on any atom is 0.416 e. The van der Waals surface area contributed by atoms with Crippen LogP contribution in [-0.2, 0) is 10.9 Å². The third-order valence-corrected chi connectivity index (χ3v) is 6.00. The lowest BCUT2D eigenvalue weighted by atomic mass is 10.1. The highest BCUT2D eigenvalue weighted by Gasteiger charge is 2.32. The first-order valence-electron chi connectivity index (χ1n) is 11.3. The van der Waals surface area contributed by atoms with E-state index in [1.165, 1.54) is 30.6 Å². The molecule has 1 saturated heterocycles. The number of amides is 1. The Morgan fingerprint density at radius 1 is 1.11 bits per heavy atom. The molecular formula is C24H21ClF3N5O4. The molecule has 1 fully saturated rings. The fraction of sp³-hybridized carbons (Fsp3) is 0.292. The number of hydrogen-bond acceptors (Lipinski definition) is 8. The first kappa shape index (κ1) is 24.9. The first-order chi connectivity index (χ1) is 17.8. The summed E-state index contributed by atoms with van der Waals surface area (Å²) in [6.45, 7) is 2.65. The number of hydrogen-bond donors (Lipinski definition) is 2. The monoisotopic (exact) mass is 535 g/mol. The Kier molecular flexibility index (Phi) is 6.94. The number of rotatable bonds is 5. The zero-order valence-electron chi connectivity index (χ0n) is 19.3. The Bertz CT molecular complexity index is 1320. The molecule has 2 aliphatic rings. The molecule has 5 rings (SSSR count). The van der Waals surface area contributed by atoms with Crippen LogP contribution >= 0.6 is 11.6 Å². The van der Waals surface area contributed by atoms with E-state index in [4.69, 9.17) is 25.8 Å². The van der Waals surface area contributed by atoms with Crippen LogP contribution in [0.1, 0.15) is 15.9 Å². The lowest BCUT2D eigenvalue weighted by Crippen LogP contribution is -2.36. The van der Waals surface area contributed by atoms with Crippen LogP contribution in [0, 0.1) is 0 Å². The number of nitrogens with zero attached hydrogens (tertiary/aromatic N) is 3. The molecule has 0 spiro atoms. The van der Waals surface area contributed by atoms with Crippen LogP contribution in [0.4, 0.5) is 30.4 Å². The summed E-state index contributed by atoms with van der Waals surface area (Å²) in [6.07, 6.45) is -3.29. The molecule has 0 radical (unpaired) electrons. The zero-order chi connectivity index (χ0) is 26.0. The molecule has 13 heteroatoms. The van der Waals surface area contributed by atoms with Crippen molar-refractivity contribution in [2.45, 2.75) is 6.18 Å². The minimum absolute atomic E-state index is 0.00285. The fourth-order valence-corrected chi connectivity index (χ4v) is 4.05. The van der Waals surface area contributed by atoms with Gasteiger partial charge in [0.15, 0.2) is 5.82 Å². The minimum atomic E-state index is -4.59. The molecule has 2 aromatic carbocycles. The van der Waals surface area contributed by atoms with E-state index in [1.807, 2.05) is 0 Å². The molecule has 3 aromatic rings. The number of ether oxygens (including phenoxy) is 3. The van der Waals surface area contributed by atoms with Gasteiger partial charge in [0.25, 0.3) is 11.8 Å². The minimum Gasteiger partial charge on any atom is -0.483 e. The van der Waals surface area contributed by atoms with Gasteiger partial charge in [-0.1, -0.05) is 11.6 Å². The van der Waals surface area contributed by atoms with E-state index in [9.17, 15) is 18.0 Å². The van der Waals surface area contributed by atoms with Crippen molar-refractivity contribution < 1.29 is 32.2 Å². The average molecular weight is 536 g/mol. The molecule has 0 atom stereocenters. The second kappa shape index (κ2) is 10.3. The van der Waals surface area contributed by atoms with Crippen molar-refractivity contribution >= 4 is 34.7 Å². The molecule has 2 aliphatic heterocycles. The number of alkyl halides is 3. The zero-order valence-corrected chi connectivity index (χ0v) is 20.0. The number of halogens is 4. The maximum absolute atomic E-state index is 13.6. The highest BCUT2D eigenvalue weighted by molar-refractivity contribution is 6.32. The van der Waals surface area contributed by atoms with E-state index in [-0.39, 0.29) is 27.9 Å². The summed E-state index contributed by atoms with van der Waals surface area (Å²) in [6, 6.07) is 7.72. The van der Waals surface area contributed by atoms with Crippen molar-refractivity contribution in [2.75, 3.05) is 55.0 Å². The Morgan fingerprint density at radius 2 is 1.92 bits per heavy atom. The lowest BCUT2D eigenvalue weighted by Gasteiger charge is -2.29. The Balaban J connectivity index is 1.40. The van der Waals surface area contributed by atoms with Crippen LogP contribution in [-0.4, -0.2) is 55.3 Å². The molecule has 3 heterocycles. The van der Waals surface area contributed by atoms with E-state index in [0.717, 1.165) is 12.1 Å². The summed E-state index contributed by atoms with van der Waals surface area (Å²) in [4.78, 5) is 23.0. The molecule has 0 saturated carbocycles. The summed E-state index contributed by atoms with van der Waals surface area (Å²) < 4.78 is 57.5. The smallest absolute Gasteiger partial charge is 0.416 e. The second-order valence-corrected chi connectivity index (χ2v) is 8.61. The number of carbonyl (C=O) groups excluding carboxylic acids is 1. The number of aromatic nitrogens is 2. The Labute approximate surface area is 214 Å². The van der Waals surface area contributed by atoms with Crippen molar-refractivity contribution in [1.82, 2.24) is 9.97 Å². The standard InChI is InChI=1S/C24H21ClF3N5O4/c25-18-2-1-14(9-19(18)37-23-20-21(30-13-31-23)29-3-6-36-20)22(34)32-16-10-15(24(26,27)28)11-17(12-16)33-4-7-35-8-5-33/h1-2,9-13H,3-8H2,(H,32,34)(H,29,30,31). The molecule has 0 unspecified atom stereocenters. The van der Waals surface area contributed by atoms with Crippen molar-refractivity contribution in [3.8, 4) is 17.4 Å². The molecule has 1 amide bonds. The Morgan fingerprint density at radius 3 is 2.70 bits per heavy atom. The van der Waals surface area contributed by atoms with Crippen molar-refractivity contribution in [1.29, 1.82) is 0 Å². The highest BCUT2D eigenvalue weighted by Crippen LogP contribution is 2.39. The highest BCUT2D eigenvalue weighted by atomic mass is 35.5. The summed E-state index contributed by atoms with van der Waals surface area (Å²) in [7, 11) is 0. The second-order valence-electron chi connectivity index (χ2n) is 8.20. The van der Waals surface area contributed by atoms with Crippen molar-refractivity contribution in [3.05, 3.63) is 58.9 Å². The number of carbonyl (C=O) groups is 1. The number of nitrogens with one attached hydrogen (secondary N) is 2. The summed E-state index contributed by atoms with van der Waals surface area (Å²) in [5.41, 5.74) is -0.403. The topological polar surface area (TPSA) is 97.8 Å². The van der Waals surface area contributed by atoms with Crippen LogP contribution in [0.25, 0.3) is 0 Å². The van der Waals surface area contributed by atoms with E-state index in [0.29, 0.717) is 56.7 Å². The van der Waals surface area contributed by atoms with Gasteiger partial charge in [0, 0.05) is 30.0 Å². The van der Waals surface area contributed by atoms with E-state index in [1.54, 1.807) is 4.90 Å². The number of fused-ring (bicyclic) bond motifs is 1. The molecule has 0 bridgehead atoms. The van der Waals surface area contributed by atoms with Crippen LogP contribution in [0.2, 0.25) is 5.02 Å². The molecule has 9 nitrogen and oxygen atoms in total. The van der Waals surface area contributed by atoms with Crippen LogP contribution in [0.15, 0.2) is 42.7 Å². The van der Waals surface area contributed by atoms with Gasteiger partial charge in [0.2, 0.25) is 5.75 Å². The molecule has 37 heavy (non-hydrogen) atoms. The third kappa shape index (κ3) is 5.65. The Hall–Kier alpha value is -3.77. The summed E-state index contributed by atoms with van der Waals surface area (Å²) in [5, 5.41) is 5.81. The van der Waals surface area contributed by atoms with Gasteiger partial charge in [0.05, 0.1) is 30.3 Å². The van der Waals surface area contributed by atoms with Gasteiger partial charge in [-0.2, -0.15) is 18.2 Å². The van der Waals surface area contributed by atoms with Gasteiger partial charge in [-0.05, 0) is 36.4 Å². The fourth-order valence-electron chi connectivity index (χ4n) is 3.89. The van der Waals surface area contributed by atoms with Crippen LogP contribution in [0.5, 0.6) is 17.4 Å². The largest absolute Gasteiger partial charge is 0.483 e. The predicted molar refractivity (Wildman–Crippen MR) is 130 cm³/mol. The molecule has 194 valence electrons. The van der Waals surface area contributed by atoms with Gasteiger partial charge in [-0.3, -0.25) is 4.79 Å². The summed E-state index contributed by atoms with van der Waals surface area (Å²) >= 11 is 6.27. The SMILES string of the molecule is O=C(Nc1cc(N2CCOCC2)cc(C(F)(F)F)c1)c1ccc(Cl)c(Oc2ncnc3c2OCCN3)c1. The van der Waals surface area contributed by atoms with E-state index >= 15 is 0 Å². The van der Waals surface area contributed by atoms with Crippen molar-refractivity contribution in [2.24, 2.45) is 0 Å². The van der Waals surface area contributed by atoms with Gasteiger partial charge in [-0.25, -0.2) is 4.98 Å². The van der Waals surface area contributed by atoms with Gasteiger partial charge < -0.3 is 29.7 Å². The van der Waals surface area contributed by atoms with Crippen LogP contribution < -0.4 is 25.0 Å². The quantitative estimate of drug-likeness (QED) is 0.479. The molecule has 1 aromatic heterocycles. The van der Waals surface area contributed by atoms with E-state index in [2.05, 4.69) is 20.6 Å². The lowest BCUT2D eigenvalue weighted by molar-refractivity contribution is -0.137. The summed E-state index contributed by atoms with van der Waals surface area (Å²) in [5.74, 6) is 0.338. The van der Waals surface area contributed by atoms with Gasteiger partial charge in [0.1, 0.15) is 18.7 Å². The van der Waals surface area contributed by atoms with Gasteiger partial charge in [-0.15, -0.1) is 0 Å².